The van der Waals surface area contributed by atoms with E-state index in [1.807, 2.05) is 35.6 Å². The maximum absolute atomic E-state index is 8.73. The molecule has 3 aromatic rings. The minimum absolute atomic E-state index is 0.347. The van der Waals surface area contributed by atoms with E-state index < -0.39 is 0 Å². The van der Waals surface area contributed by atoms with Crippen LogP contribution in [0.3, 0.4) is 0 Å². The number of benzene rings is 1. The van der Waals surface area contributed by atoms with Crippen LogP contribution < -0.4 is 4.74 Å². The predicted molar refractivity (Wildman–Crippen MR) is 78.1 cm³/mol. The number of ether oxygens (including phenoxy) is 1. The van der Waals surface area contributed by atoms with Crippen LogP contribution in [0.4, 0.5) is 0 Å². The van der Waals surface area contributed by atoms with Crippen molar-refractivity contribution in [2.75, 3.05) is 12.9 Å². The first kappa shape index (κ1) is 12.8. The molecular formula is C14H12N4OS. The number of rotatable bonds is 3. The first-order chi connectivity index (χ1) is 9.74. The molecule has 0 N–H and O–H groups in total. The standard InChI is InChI=1S/C14H12N4OS/c1-9-7-13-16-17-14(20-6-5-15)18(13)12-8-10(19-2)3-4-11(9)12/h3-4,7-8H,6H2,1-2H3. The zero-order chi connectivity index (χ0) is 14.1. The zero-order valence-corrected chi connectivity index (χ0v) is 11.9. The highest BCUT2D eigenvalue weighted by atomic mass is 32.2. The molecule has 20 heavy (non-hydrogen) atoms. The largest absolute Gasteiger partial charge is 0.497 e. The molecule has 0 saturated heterocycles. The Labute approximate surface area is 120 Å². The number of aromatic nitrogens is 3. The van der Waals surface area contributed by atoms with Crippen LogP contribution in [-0.2, 0) is 0 Å². The molecule has 2 aromatic heterocycles. The first-order valence-electron chi connectivity index (χ1n) is 6.07. The van der Waals surface area contributed by atoms with E-state index in [1.54, 1.807) is 7.11 Å². The fourth-order valence-corrected chi connectivity index (χ4v) is 2.83. The van der Waals surface area contributed by atoms with Crippen LogP contribution in [0.5, 0.6) is 5.75 Å². The Morgan fingerprint density at radius 2 is 2.20 bits per heavy atom. The topological polar surface area (TPSA) is 63.2 Å². The minimum atomic E-state index is 0.347. The van der Waals surface area contributed by atoms with Gasteiger partial charge in [-0.1, -0.05) is 11.8 Å². The second-order valence-electron chi connectivity index (χ2n) is 4.33. The van der Waals surface area contributed by atoms with Crippen molar-refractivity contribution in [3.05, 3.63) is 29.8 Å². The molecule has 0 radical (unpaired) electrons. The lowest BCUT2D eigenvalue weighted by atomic mass is 10.1. The van der Waals surface area contributed by atoms with Gasteiger partial charge in [-0.05, 0) is 30.7 Å². The summed E-state index contributed by atoms with van der Waals surface area (Å²) < 4.78 is 7.26. The van der Waals surface area contributed by atoms with Crippen LogP contribution in [0.25, 0.3) is 16.6 Å². The van der Waals surface area contributed by atoms with Gasteiger partial charge in [0.15, 0.2) is 10.8 Å². The summed E-state index contributed by atoms with van der Waals surface area (Å²) in [4.78, 5) is 0. The lowest BCUT2D eigenvalue weighted by Crippen LogP contribution is -1.94. The lowest BCUT2D eigenvalue weighted by molar-refractivity contribution is 0.415. The van der Waals surface area contributed by atoms with Crippen molar-refractivity contribution in [1.29, 1.82) is 5.26 Å². The highest BCUT2D eigenvalue weighted by Crippen LogP contribution is 2.28. The molecule has 5 nitrogen and oxygen atoms in total. The number of fused-ring (bicyclic) bond motifs is 3. The van der Waals surface area contributed by atoms with Crippen molar-refractivity contribution >= 4 is 28.3 Å². The molecule has 0 bridgehead atoms. The minimum Gasteiger partial charge on any atom is -0.497 e. The Morgan fingerprint density at radius 3 is 2.95 bits per heavy atom. The second kappa shape index (κ2) is 5.02. The van der Waals surface area contributed by atoms with E-state index in [4.69, 9.17) is 10.00 Å². The molecule has 0 unspecified atom stereocenters. The molecule has 0 aliphatic rings. The smallest absolute Gasteiger partial charge is 0.197 e. The fourth-order valence-electron chi connectivity index (χ4n) is 2.22. The number of hydrogen-bond donors (Lipinski definition) is 0. The van der Waals surface area contributed by atoms with Gasteiger partial charge in [-0.15, -0.1) is 10.2 Å². The summed E-state index contributed by atoms with van der Waals surface area (Å²) in [5, 5.41) is 18.9. The number of nitriles is 1. The number of thioether (sulfide) groups is 1. The Hall–Kier alpha value is -2.26. The molecule has 0 aliphatic carbocycles. The van der Waals surface area contributed by atoms with Gasteiger partial charge in [-0.2, -0.15) is 5.26 Å². The van der Waals surface area contributed by atoms with Crippen LogP contribution in [0.15, 0.2) is 29.4 Å². The van der Waals surface area contributed by atoms with Crippen molar-refractivity contribution in [2.24, 2.45) is 0 Å². The monoisotopic (exact) mass is 284 g/mol. The van der Waals surface area contributed by atoms with Gasteiger partial charge in [0.25, 0.3) is 0 Å². The second-order valence-corrected chi connectivity index (χ2v) is 5.28. The fraction of sp³-hybridized carbons (Fsp3) is 0.214. The Morgan fingerprint density at radius 1 is 1.35 bits per heavy atom. The summed E-state index contributed by atoms with van der Waals surface area (Å²) in [6, 6.07) is 10.0. The summed E-state index contributed by atoms with van der Waals surface area (Å²) in [6.07, 6.45) is 0. The van der Waals surface area contributed by atoms with Gasteiger partial charge in [-0.25, -0.2) is 0 Å². The molecule has 0 atom stereocenters. The van der Waals surface area contributed by atoms with Gasteiger partial charge in [0.1, 0.15) is 5.75 Å². The van der Waals surface area contributed by atoms with Gasteiger partial charge >= 0.3 is 0 Å². The maximum atomic E-state index is 8.73. The number of nitrogens with zero attached hydrogens (tertiary/aromatic N) is 4. The van der Waals surface area contributed by atoms with Crippen molar-refractivity contribution in [3.63, 3.8) is 0 Å². The van der Waals surface area contributed by atoms with Crippen molar-refractivity contribution < 1.29 is 4.74 Å². The average Bonchev–Trinajstić information content (AvgIpc) is 2.87. The molecule has 6 heteroatoms. The molecule has 100 valence electrons. The summed E-state index contributed by atoms with van der Waals surface area (Å²) >= 11 is 1.38. The molecule has 3 rings (SSSR count). The summed E-state index contributed by atoms with van der Waals surface area (Å²) in [7, 11) is 1.64. The average molecular weight is 284 g/mol. The van der Waals surface area contributed by atoms with Gasteiger partial charge in [-0.3, -0.25) is 4.40 Å². The number of hydrogen-bond acceptors (Lipinski definition) is 5. The number of aryl methyl sites for hydroxylation is 1. The van der Waals surface area contributed by atoms with Gasteiger partial charge < -0.3 is 4.74 Å². The van der Waals surface area contributed by atoms with E-state index in [9.17, 15) is 0 Å². The van der Waals surface area contributed by atoms with E-state index in [2.05, 4.69) is 16.3 Å². The quantitative estimate of drug-likeness (QED) is 0.692. The van der Waals surface area contributed by atoms with E-state index in [0.29, 0.717) is 5.75 Å². The summed E-state index contributed by atoms with van der Waals surface area (Å²) in [5.74, 6) is 1.13. The third kappa shape index (κ3) is 1.96. The third-order valence-corrected chi connectivity index (χ3v) is 3.94. The van der Waals surface area contributed by atoms with E-state index >= 15 is 0 Å². The molecular weight excluding hydrogens is 272 g/mol. The van der Waals surface area contributed by atoms with Gasteiger partial charge in [0, 0.05) is 11.5 Å². The van der Waals surface area contributed by atoms with E-state index in [0.717, 1.165) is 33.0 Å². The van der Waals surface area contributed by atoms with Crippen molar-refractivity contribution in [2.45, 2.75) is 12.1 Å². The SMILES string of the molecule is COc1ccc2c(C)cc3nnc(SCC#N)n3c2c1. The zero-order valence-electron chi connectivity index (χ0n) is 11.1. The maximum Gasteiger partial charge on any atom is 0.197 e. The van der Waals surface area contributed by atoms with Gasteiger partial charge in [0.05, 0.1) is 24.4 Å². The lowest BCUT2D eigenvalue weighted by Gasteiger charge is -2.08. The molecule has 0 saturated carbocycles. The first-order valence-corrected chi connectivity index (χ1v) is 7.05. The van der Waals surface area contributed by atoms with Gasteiger partial charge in [0.2, 0.25) is 0 Å². The third-order valence-electron chi connectivity index (χ3n) is 3.14. The Bertz CT molecular complexity index is 834. The van der Waals surface area contributed by atoms with Crippen LogP contribution in [0.1, 0.15) is 5.56 Å². The normalized spacial score (nSPS) is 10.8. The molecule has 1 aromatic carbocycles. The summed E-state index contributed by atoms with van der Waals surface area (Å²) in [6.45, 7) is 2.05. The highest BCUT2D eigenvalue weighted by Gasteiger charge is 2.12. The molecule has 0 aliphatic heterocycles. The van der Waals surface area contributed by atoms with Crippen LogP contribution >= 0.6 is 11.8 Å². The highest BCUT2D eigenvalue weighted by molar-refractivity contribution is 7.99. The van der Waals surface area contributed by atoms with E-state index in [-0.39, 0.29) is 0 Å². The van der Waals surface area contributed by atoms with Crippen molar-refractivity contribution in [3.8, 4) is 11.8 Å². The van der Waals surface area contributed by atoms with Crippen LogP contribution in [-0.4, -0.2) is 27.5 Å². The molecule has 0 fully saturated rings. The molecule has 2 heterocycles. The van der Waals surface area contributed by atoms with Crippen LogP contribution in [0, 0.1) is 18.3 Å². The molecule has 0 amide bonds. The Balaban J connectivity index is 2.35. The number of pyridine rings is 1. The predicted octanol–water partition coefficient (Wildman–Crippen LogP) is 2.82. The Kier molecular flexibility index (Phi) is 3.20. The van der Waals surface area contributed by atoms with Crippen molar-refractivity contribution in [1.82, 2.24) is 14.6 Å². The molecule has 0 spiro atoms. The van der Waals surface area contributed by atoms with E-state index in [1.165, 1.54) is 11.8 Å². The number of methoxy groups -OCH3 is 1. The summed E-state index contributed by atoms with van der Waals surface area (Å²) in [5.41, 5.74) is 2.91. The van der Waals surface area contributed by atoms with Crippen LogP contribution in [0.2, 0.25) is 0 Å².